The Morgan fingerprint density at radius 3 is 2.25 bits per heavy atom. The number of hydrogen-bond donors (Lipinski definition) is 5. The first-order valence-electron chi connectivity index (χ1n) is 3.73. The van der Waals surface area contributed by atoms with Crippen molar-refractivity contribution < 1.29 is 20.1 Å². The third-order valence-electron chi connectivity index (χ3n) is 2.00. The molecule has 6 heteroatoms. The fourth-order valence-corrected chi connectivity index (χ4v) is 1.16. The Morgan fingerprint density at radius 1 is 1.17 bits per heavy atom. The number of aliphatic hydroxyl groups is 3. The summed E-state index contributed by atoms with van der Waals surface area (Å²) in [4.78, 5) is 0. The molecule has 6 nitrogen and oxygen atoms in total. The van der Waals surface area contributed by atoms with E-state index in [-0.39, 0.29) is 6.54 Å². The largest absolute Gasteiger partial charge is 0.388 e. The Kier molecular flexibility index (Phi) is 2.99. The van der Waals surface area contributed by atoms with E-state index in [9.17, 15) is 10.2 Å². The van der Waals surface area contributed by atoms with E-state index in [0.29, 0.717) is 0 Å². The summed E-state index contributed by atoms with van der Waals surface area (Å²) in [5, 5.41) is 27.6. The summed E-state index contributed by atoms with van der Waals surface area (Å²) in [7, 11) is 0. The highest BCUT2D eigenvalue weighted by molar-refractivity contribution is 4.91. The summed E-state index contributed by atoms with van der Waals surface area (Å²) in [6, 6.07) is -0.984. The zero-order valence-electron chi connectivity index (χ0n) is 6.50. The molecule has 0 amide bonds. The first-order chi connectivity index (χ1) is 5.57. The smallest absolute Gasteiger partial charge is 0.172 e. The van der Waals surface area contributed by atoms with Crippen LogP contribution in [0.4, 0.5) is 0 Å². The Hall–Kier alpha value is -0.240. The number of hydrogen-bond acceptors (Lipinski definition) is 6. The van der Waals surface area contributed by atoms with Crippen molar-refractivity contribution in [3.63, 3.8) is 0 Å². The lowest BCUT2D eigenvalue weighted by Gasteiger charge is -2.38. The third-order valence-corrected chi connectivity index (χ3v) is 2.00. The molecule has 0 spiro atoms. The van der Waals surface area contributed by atoms with Gasteiger partial charge in [-0.25, -0.2) is 0 Å². The van der Waals surface area contributed by atoms with Crippen molar-refractivity contribution in [2.45, 2.75) is 30.6 Å². The van der Waals surface area contributed by atoms with Crippen LogP contribution in [0, 0.1) is 0 Å². The average Bonchev–Trinajstić information content (AvgIpc) is 2.08. The minimum atomic E-state index is -1.27. The number of nitrogens with two attached hydrogens (primary N) is 2. The minimum Gasteiger partial charge on any atom is -0.388 e. The topological polar surface area (TPSA) is 122 Å². The maximum absolute atomic E-state index is 9.28. The number of aliphatic hydroxyl groups excluding tert-OH is 3. The average molecular weight is 178 g/mol. The molecule has 1 fully saturated rings. The summed E-state index contributed by atoms with van der Waals surface area (Å²) < 4.78 is 4.83. The normalized spacial score (nSPS) is 49.2. The lowest BCUT2D eigenvalue weighted by atomic mass is 9.98. The van der Waals surface area contributed by atoms with Gasteiger partial charge < -0.3 is 31.5 Å². The van der Waals surface area contributed by atoms with Gasteiger partial charge in [-0.1, -0.05) is 0 Å². The molecule has 0 aromatic heterocycles. The van der Waals surface area contributed by atoms with Crippen molar-refractivity contribution >= 4 is 0 Å². The van der Waals surface area contributed by atoms with E-state index < -0.39 is 30.6 Å². The predicted molar refractivity (Wildman–Crippen MR) is 39.9 cm³/mol. The van der Waals surface area contributed by atoms with Crippen molar-refractivity contribution in [2.75, 3.05) is 6.54 Å². The van der Waals surface area contributed by atoms with Crippen LogP contribution in [0.1, 0.15) is 0 Å². The van der Waals surface area contributed by atoms with Crippen molar-refractivity contribution in [3.8, 4) is 0 Å². The molecule has 0 radical (unpaired) electrons. The van der Waals surface area contributed by atoms with Crippen LogP contribution in [0.3, 0.4) is 0 Å². The lowest BCUT2D eigenvalue weighted by Crippen LogP contribution is -2.62. The van der Waals surface area contributed by atoms with Crippen LogP contribution in [-0.2, 0) is 4.74 Å². The van der Waals surface area contributed by atoms with E-state index in [4.69, 9.17) is 21.3 Å². The molecule has 0 saturated carbocycles. The van der Waals surface area contributed by atoms with Gasteiger partial charge in [0.25, 0.3) is 0 Å². The Bertz CT molecular complexity index is 152. The molecule has 1 aliphatic heterocycles. The maximum Gasteiger partial charge on any atom is 0.172 e. The summed E-state index contributed by atoms with van der Waals surface area (Å²) in [5.41, 5.74) is 10.5. The highest BCUT2D eigenvalue weighted by Gasteiger charge is 2.41. The van der Waals surface area contributed by atoms with Crippen molar-refractivity contribution in [2.24, 2.45) is 11.5 Å². The summed E-state index contributed by atoms with van der Waals surface area (Å²) >= 11 is 0. The van der Waals surface area contributed by atoms with Crippen LogP contribution in [-0.4, -0.2) is 52.5 Å². The molecule has 0 aromatic rings. The molecule has 1 saturated heterocycles. The fourth-order valence-electron chi connectivity index (χ4n) is 1.16. The minimum absolute atomic E-state index is 0.0298. The Balaban J connectivity index is 2.63. The fraction of sp³-hybridized carbons (Fsp3) is 1.00. The van der Waals surface area contributed by atoms with E-state index in [1.807, 2.05) is 0 Å². The quantitative estimate of drug-likeness (QED) is 0.287. The van der Waals surface area contributed by atoms with Crippen LogP contribution >= 0.6 is 0 Å². The van der Waals surface area contributed by atoms with E-state index in [1.54, 1.807) is 0 Å². The van der Waals surface area contributed by atoms with E-state index in [0.717, 1.165) is 0 Å². The SMILES string of the molecule is NC[C@@H]1O[C@H](O)C(N)C(O)[C@@H]1O. The van der Waals surface area contributed by atoms with Gasteiger partial charge in [0.2, 0.25) is 0 Å². The van der Waals surface area contributed by atoms with Gasteiger partial charge in [-0.3, -0.25) is 0 Å². The first kappa shape index (κ1) is 9.85. The molecule has 0 aromatic carbocycles. The van der Waals surface area contributed by atoms with Crippen molar-refractivity contribution in [1.82, 2.24) is 0 Å². The number of ether oxygens (including phenoxy) is 1. The molecule has 1 heterocycles. The van der Waals surface area contributed by atoms with E-state index in [2.05, 4.69) is 0 Å². The molecular weight excluding hydrogens is 164 g/mol. The van der Waals surface area contributed by atoms with Gasteiger partial charge in [0, 0.05) is 6.54 Å². The molecule has 7 N–H and O–H groups in total. The van der Waals surface area contributed by atoms with E-state index >= 15 is 0 Å². The standard InChI is InChI=1S/C6H14N2O4/c7-1-2-4(9)5(10)3(8)6(11)12-2/h2-6,9-11H,1,7-8H2/t2-,3?,4+,5?,6-/m0/s1. The molecule has 72 valence electrons. The van der Waals surface area contributed by atoms with Crippen LogP contribution in [0.2, 0.25) is 0 Å². The van der Waals surface area contributed by atoms with E-state index in [1.165, 1.54) is 0 Å². The van der Waals surface area contributed by atoms with Crippen LogP contribution in [0.15, 0.2) is 0 Å². The molecular formula is C6H14N2O4. The highest BCUT2D eigenvalue weighted by atomic mass is 16.6. The molecule has 1 aliphatic rings. The van der Waals surface area contributed by atoms with Gasteiger partial charge in [-0.15, -0.1) is 0 Å². The second-order valence-corrected chi connectivity index (χ2v) is 2.86. The summed E-state index contributed by atoms with van der Waals surface area (Å²) in [6.45, 7) is 0.0298. The predicted octanol–water partition coefficient (Wildman–Crippen LogP) is -3.29. The molecule has 1 rings (SSSR count). The number of rotatable bonds is 1. The summed E-state index contributed by atoms with van der Waals surface area (Å²) in [6.07, 6.45) is -4.34. The third kappa shape index (κ3) is 1.58. The Morgan fingerprint density at radius 2 is 1.75 bits per heavy atom. The highest BCUT2D eigenvalue weighted by Crippen LogP contribution is 2.17. The zero-order chi connectivity index (χ0) is 9.30. The van der Waals surface area contributed by atoms with Gasteiger partial charge in [-0.05, 0) is 0 Å². The molecule has 0 bridgehead atoms. The van der Waals surface area contributed by atoms with Gasteiger partial charge >= 0.3 is 0 Å². The lowest BCUT2D eigenvalue weighted by molar-refractivity contribution is -0.238. The molecule has 5 atom stereocenters. The maximum atomic E-state index is 9.28. The molecule has 2 unspecified atom stereocenters. The molecule has 0 aliphatic carbocycles. The van der Waals surface area contributed by atoms with Crippen LogP contribution in [0.5, 0.6) is 0 Å². The Labute approximate surface area is 69.7 Å². The first-order valence-corrected chi connectivity index (χ1v) is 3.73. The van der Waals surface area contributed by atoms with Gasteiger partial charge in [0.1, 0.15) is 18.3 Å². The second-order valence-electron chi connectivity index (χ2n) is 2.86. The molecule has 12 heavy (non-hydrogen) atoms. The monoisotopic (exact) mass is 178 g/mol. The van der Waals surface area contributed by atoms with Crippen molar-refractivity contribution in [3.05, 3.63) is 0 Å². The van der Waals surface area contributed by atoms with Crippen LogP contribution < -0.4 is 11.5 Å². The zero-order valence-corrected chi connectivity index (χ0v) is 6.50. The van der Waals surface area contributed by atoms with Gasteiger partial charge in [0.05, 0.1) is 6.04 Å². The summed E-state index contributed by atoms with van der Waals surface area (Å²) in [5.74, 6) is 0. The van der Waals surface area contributed by atoms with Gasteiger partial charge in [0.15, 0.2) is 6.29 Å². The van der Waals surface area contributed by atoms with Crippen molar-refractivity contribution in [1.29, 1.82) is 0 Å². The second kappa shape index (κ2) is 3.65. The van der Waals surface area contributed by atoms with Crippen LogP contribution in [0.25, 0.3) is 0 Å². The van der Waals surface area contributed by atoms with Gasteiger partial charge in [-0.2, -0.15) is 0 Å².